The van der Waals surface area contributed by atoms with Gasteiger partial charge in [-0.15, -0.1) is 0 Å². The number of fused-ring (bicyclic) bond motifs is 6. The van der Waals surface area contributed by atoms with Crippen LogP contribution < -0.4 is 10.6 Å². The highest BCUT2D eigenvalue weighted by Crippen LogP contribution is 2.46. The minimum atomic E-state index is -1.21. The molecule has 4 aromatic carbocycles. The number of carbonyl (C=O) groups excluding carboxylic acids is 7. The molecular formula is C58H67N5O11. The molecule has 16 nitrogen and oxygen atoms in total. The lowest BCUT2D eigenvalue weighted by molar-refractivity contribution is -0.145. The summed E-state index contributed by atoms with van der Waals surface area (Å²) in [6, 6.07) is 28.7. The van der Waals surface area contributed by atoms with Crippen LogP contribution in [0.15, 0.2) is 123 Å². The van der Waals surface area contributed by atoms with Crippen molar-refractivity contribution < 1.29 is 55.3 Å². The maximum Gasteiger partial charge on any atom is 0.410 e. The summed E-state index contributed by atoms with van der Waals surface area (Å²) in [4.78, 5) is 94.9. The summed E-state index contributed by atoms with van der Waals surface area (Å²) in [5.74, 6) is -3.60. The molecule has 2 N–H and O–H groups in total. The second-order valence-electron chi connectivity index (χ2n) is 19.1. The van der Waals surface area contributed by atoms with E-state index in [2.05, 4.69) is 40.7 Å². The SMILES string of the molecule is [3H]C(=C)OC(=O)C[C@H](NC(=O)OCC1c2ccccc2-c2ccccc21)C(=O)N1CCCCC1.[3H]C(=C)OC(=O)C[C@H](NC(=O)[C@H](C(C)C)N(C)C(=O)OCC1c2ccccc2-c2ccccc21)C(=O)N1CCCCC1. The van der Waals surface area contributed by atoms with Crippen molar-refractivity contribution in [2.75, 3.05) is 46.4 Å². The largest absolute Gasteiger partial charge is 0.449 e. The Morgan fingerprint density at radius 1 is 0.595 bits per heavy atom. The third kappa shape index (κ3) is 13.1. The summed E-state index contributed by atoms with van der Waals surface area (Å²) >= 11 is 0. The summed E-state index contributed by atoms with van der Waals surface area (Å²) in [7, 11) is 1.49. The number of nitrogens with zero attached hydrogens (tertiary/aromatic N) is 3. The first kappa shape index (κ1) is 51.2. The molecule has 2 heterocycles. The van der Waals surface area contributed by atoms with Crippen molar-refractivity contribution in [1.82, 2.24) is 25.3 Å². The van der Waals surface area contributed by atoms with Gasteiger partial charge in [-0.2, -0.15) is 0 Å². The van der Waals surface area contributed by atoms with Gasteiger partial charge in [0, 0.05) is 45.1 Å². The van der Waals surface area contributed by atoms with Crippen LogP contribution in [-0.4, -0.2) is 121 Å². The van der Waals surface area contributed by atoms with E-state index in [-0.39, 0.29) is 36.9 Å². The van der Waals surface area contributed by atoms with Crippen LogP contribution in [-0.2, 0) is 42.9 Å². The topological polar surface area (TPSA) is 190 Å². The Labute approximate surface area is 435 Å². The van der Waals surface area contributed by atoms with Crippen LogP contribution in [0.5, 0.6) is 0 Å². The average molecular weight is 1010 g/mol. The molecule has 8 rings (SSSR count). The Morgan fingerprint density at radius 3 is 1.34 bits per heavy atom. The Kier molecular flexibility index (Phi) is 17.8. The van der Waals surface area contributed by atoms with Gasteiger partial charge in [0.05, 0.1) is 25.3 Å². The maximum atomic E-state index is 13.6. The average Bonchev–Trinajstić information content (AvgIpc) is 3.90. The van der Waals surface area contributed by atoms with Gasteiger partial charge in [-0.1, -0.05) is 124 Å². The number of piperidine rings is 2. The van der Waals surface area contributed by atoms with Gasteiger partial charge in [0.2, 0.25) is 17.7 Å². The molecule has 0 radical (unpaired) electrons. The molecule has 74 heavy (non-hydrogen) atoms. The lowest BCUT2D eigenvalue weighted by Gasteiger charge is -2.33. The molecule has 390 valence electrons. The van der Waals surface area contributed by atoms with Crippen molar-refractivity contribution in [3.63, 3.8) is 0 Å². The summed E-state index contributed by atoms with van der Waals surface area (Å²) in [5.41, 5.74) is 8.76. The fourth-order valence-electron chi connectivity index (χ4n) is 10.4. The van der Waals surface area contributed by atoms with Gasteiger partial charge in [0.1, 0.15) is 34.1 Å². The molecule has 0 spiro atoms. The molecule has 2 aliphatic carbocycles. The standard InChI is InChI=1S/C32H39N3O6.C26H28N2O5/c1-5-40-28(36)19-27(31(38)35-17-11-6-12-18-35)33-30(37)29(21(2)3)34(4)32(39)41-20-26-24-15-9-7-13-22(24)23-14-8-10-16-25(23)26;1-2-32-24(29)16-23(25(30)28-14-8-3-9-15-28)27-26(31)33-17-22-20-12-6-4-10-18(20)19-11-5-7-13-21(19)22/h5,7-10,13-16,21,26-27,29H,1,6,11-12,17-20H2,2-4H3,(H,33,37);2,4-7,10-13,22-23H,1,3,8-9,14-17H2,(H,27,31)/t27-,29-;23-/m00/s1/i5T;2T. The smallest absolute Gasteiger partial charge is 0.410 e. The first-order valence-electron chi connectivity index (χ1n) is 26.3. The number of benzene rings is 4. The molecule has 2 aliphatic heterocycles. The Hall–Kier alpha value is -7.75. The van der Waals surface area contributed by atoms with Crippen LogP contribution in [0.4, 0.5) is 9.59 Å². The van der Waals surface area contributed by atoms with E-state index in [0.717, 1.165) is 83.0 Å². The second-order valence-corrected chi connectivity index (χ2v) is 19.1. The zero-order valence-corrected chi connectivity index (χ0v) is 42.3. The van der Waals surface area contributed by atoms with Crippen LogP contribution >= 0.6 is 0 Å². The number of ether oxygens (including phenoxy) is 4. The van der Waals surface area contributed by atoms with E-state index in [1.807, 2.05) is 84.9 Å². The highest BCUT2D eigenvalue weighted by Gasteiger charge is 2.38. The quantitative estimate of drug-likeness (QED) is 0.0587. The Bertz CT molecular complexity index is 2720. The van der Waals surface area contributed by atoms with Crippen molar-refractivity contribution in [2.24, 2.45) is 5.92 Å². The van der Waals surface area contributed by atoms with Crippen molar-refractivity contribution >= 4 is 41.8 Å². The zero-order valence-electron chi connectivity index (χ0n) is 44.3. The van der Waals surface area contributed by atoms with E-state index in [1.54, 1.807) is 23.6 Å². The summed E-state index contributed by atoms with van der Waals surface area (Å²) in [5, 5.41) is 5.23. The van der Waals surface area contributed by atoms with E-state index in [4.69, 9.17) is 17.0 Å². The van der Waals surface area contributed by atoms with Gasteiger partial charge in [0.15, 0.2) is 0 Å². The number of likely N-dealkylation sites (tertiary alicyclic amines) is 2. The molecule has 0 bridgehead atoms. The van der Waals surface area contributed by atoms with Gasteiger partial charge in [-0.3, -0.25) is 28.9 Å². The summed E-state index contributed by atoms with van der Waals surface area (Å²) in [6.07, 6.45) is 2.06. The van der Waals surface area contributed by atoms with Gasteiger partial charge in [-0.05, 0) is 89.0 Å². The molecule has 4 aliphatic rings. The zero-order chi connectivity index (χ0) is 54.5. The van der Waals surface area contributed by atoms with E-state index in [1.165, 1.54) is 11.9 Å². The van der Waals surface area contributed by atoms with Gasteiger partial charge in [-0.25, -0.2) is 9.59 Å². The van der Waals surface area contributed by atoms with E-state index < -0.39 is 79.4 Å². The predicted octanol–water partition coefficient (Wildman–Crippen LogP) is 8.45. The molecular weight excluding hydrogens is 943 g/mol. The fourth-order valence-corrected chi connectivity index (χ4v) is 10.4. The van der Waals surface area contributed by atoms with Crippen molar-refractivity contribution in [1.29, 1.82) is 0 Å². The fraction of sp³-hybridized carbons (Fsp3) is 0.397. The van der Waals surface area contributed by atoms with Crippen molar-refractivity contribution in [3.8, 4) is 22.3 Å². The monoisotopic (exact) mass is 1010 g/mol. The third-order valence-electron chi connectivity index (χ3n) is 13.9. The molecule has 2 saturated heterocycles. The number of alkyl carbamates (subject to hydrolysis) is 1. The van der Waals surface area contributed by atoms with Gasteiger partial charge >= 0.3 is 24.1 Å². The molecule has 3 atom stereocenters. The minimum absolute atomic E-state index is 0.0957. The lowest BCUT2D eigenvalue weighted by atomic mass is 9.98. The van der Waals surface area contributed by atoms with Gasteiger partial charge in [0.25, 0.3) is 0 Å². The number of nitrogens with one attached hydrogen (secondary N) is 2. The number of hydrogen-bond donors (Lipinski definition) is 2. The van der Waals surface area contributed by atoms with Crippen molar-refractivity contribution in [3.05, 3.63) is 145 Å². The number of amides is 5. The molecule has 4 aromatic rings. The first-order valence-corrected chi connectivity index (χ1v) is 25.3. The summed E-state index contributed by atoms with van der Waals surface area (Å²) < 4.78 is 35.3. The number of carbonyl (C=O) groups is 7. The summed E-state index contributed by atoms with van der Waals surface area (Å²) in [6.45, 7) is 12.4. The molecule has 0 unspecified atom stereocenters. The number of esters is 2. The van der Waals surface area contributed by atoms with E-state index >= 15 is 0 Å². The minimum Gasteiger partial charge on any atom is -0.449 e. The van der Waals surface area contributed by atoms with Gasteiger partial charge < -0.3 is 39.4 Å². The maximum absolute atomic E-state index is 13.6. The Morgan fingerprint density at radius 2 is 0.959 bits per heavy atom. The molecule has 0 aromatic heterocycles. The van der Waals surface area contributed by atoms with E-state index in [0.29, 0.717) is 26.2 Å². The molecule has 5 amide bonds. The number of hydrogen-bond acceptors (Lipinski definition) is 11. The van der Waals surface area contributed by atoms with Crippen molar-refractivity contribution in [2.45, 2.75) is 95.2 Å². The van der Waals surface area contributed by atoms with Crippen LogP contribution in [0, 0.1) is 5.92 Å². The van der Waals surface area contributed by atoms with E-state index in [9.17, 15) is 33.6 Å². The lowest BCUT2D eigenvalue weighted by Crippen LogP contribution is -2.57. The Balaban J connectivity index is 0.000000226. The highest BCUT2D eigenvalue weighted by atomic mass is 16.6. The molecule has 2 fully saturated rings. The highest BCUT2D eigenvalue weighted by molar-refractivity contribution is 5.94. The number of rotatable bonds is 17. The third-order valence-corrected chi connectivity index (χ3v) is 13.9. The van der Waals surface area contributed by atoms with Crippen LogP contribution in [0.25, 0.3) is 22.3 Å². The van der Waals surface area contributed by atoms with Crippen LogP contribution in [0.1, 0.15) is 102 Å². The molecule has 16 heteroatoms. The van der Waals surface area contributed by atoms with Crippen LogP contribution in [0.2, 0.25) is 0 Å². The number of likely N-dealkylation sites (N-methyl/N-ethyl adjacent to an activating group) is 1. The van der Waals surface area contributed by atoms with Crippen LogP contribution in [0.3, 0.4) is 0 Å². The first-order chi connectivity index (χ1) is 36.5. The predicted molar refractivity (Wildman–Crippen MR) is 278 cm³/mol. The molecule has 0 saturated carbocycles. The second kappa shape index (κ2) is 25.8. The normalized spacial score (nSPS) is 16.1.